The van der Waals surface area contributed by atoms with Gasteiger partial charge in [-0.3, -0.25) is 4.79 Å². The van der Waals surface area contributed by atoms with Gasteiger partial charge in [-0.05, 0) is 35.5 Å². The number of pyridine rings is 1. The van der Waals surface area contributed by atoms with Crippen LogP contribution in [0.4, 0.5) is 0 Å². The predicted molar refractivity (Wildman–Crippen MR) is 76.5 cm³/mol. The first-order chi connectivity index (χ1) is 10.8. The Bertz CT molecular complexity index is 631. The van der Waals surface area contributed by atoms with Crippen molar-refractivity contribution < 1.29 is 9.53 Å². The van der Waals surface area contributed by atoms with E-state index in [0.717, 1.165) is 19.5 Å². The summed E-state index contributed by atoms with van der Waals surface area (Å²) in [4.78, 5) is 16.7. The zero-order chi connectivity index (χ0) is 15.4. The van der Waals surface area contributed by atoms with Crippen LogP contribution in [0.15, 0.2) is 24.5 Å². The van der Waals surface area contributed by atoms with Gasteiger partial charge in [0.2, 0.25) is 0 Å². The van der Waals surface area contributed by atoms with Crippen LogP contribution in [0, 0.1) is 0 Å². The molecule has 3 rings (SSSR count). The molecule has 3 heterocycles. The Kier molecular flexibility index (Phi) is 4.35. The highest BCUT2D eigenvalue weighted by molar-refractivity contribution is 5.92. The topological polar surface area (TPSA) is 107 Å². The van der Waals surface area contributed by atoms with Gasteiger partial charge in [0.25, 0.3) is 5.91 Å². The minimum atomic E-state index is -0.233. The number of nitrogens with one attached hydrogen (secondary N) is 2. The maximum absolute atomic E-state index is 12.4. The van der Waals surface area contributed by atoms with Crippen molar-refractivity contribution in [3.05, 3.63) is 30.2 Å². The molecule has 0 aliphatic carbocycles. The van der Waals surface area contributed by atoms with Crippen LogP contribution in [0.5, 0.6) is 0 Å². The SMILES string of the molecule is COC1CNCCC1NC(=O)c1cccc(-n2cnnn2)n1. The Morgan fingerprint density at radius 2 is 2.41 bits per heavy atom. The number of nitrogens with zero attached hydrogens (tertiary/aromatic N) is 5. The molecule has 2 unspecified atom stereocenters. The smallest absolute Gasteiger partial charge is 0.270 e. The van der Waals surface area contributed by atoms with E-state index in [2.05, 4.69) is 31.1 Å². The van der Waals surface area contributed by atoms with E-state index in [1.54, 1.807) is 25.3 Å². The molecule has 0 spiro atoms. The lowest BCUT2D eigenvalue weighted by Gasteiger charge is -2.31. The third kappa shape index (κ3) is 3.10. The summed E-state index contributed by atoms with van der Waals surface area (Å²) in [5.41, 5.74) is 0.321. The van der Waals surface area contributed by atoms with E-state index in [-0.39, 0.29) is 18.1 Å². The van der Waals surface area contributed by atoms with Gasteiger partial charge < -0.3 is 15.4 Å². The van der Waals surface area contributed by atoms with Crippen molar-refractivity contribution in [1.29, 1.82) is 0 Å². The van der Waals surface area contributed by atoms with Gasteiger partial charge in [0, 0.05) is 13.7 Å². The summed E-state index contributed by atoms with van der Waals surface area (Å²) in [5.74, 6) is 0.259. The first-order valence-electron chi connectivity index (χ1n) is 7.02. The summed E-state index contributed by atoms with van der Waals surface area (Å²) in [6, 6.07) is 5.11. The molecule has 9 heteroatoms. The lowest BCUT2D eigenvalue weighted by molar-refractivity contribution is 0.0475. The highest BCUT2D eigenvalue weighted by Gasteiger charge is 2.26. The molecule has 0 saturated carbocycles. The number of carbonyl (C=O) groups is 1. The molecular formula is C13H17N7O2. The second-order valence-corrected chi connectivity index (χ2v) is 4.98. The summed E-state index contributed by atoms with van der Waals surface area (Å²) in [6.45, 7) is 1.57. The van der Waals surface area contributed by atoms with Gasteiger partial charge in [-0.1, -0.05) is 6.07 Å². The van der Waals surface area contributed by atoms with Crippen molar-refractivity contribution in [3.8, 4) is 5.82 Å². The quantitative estimate of drug-likeness (QED) is 0.758. The van der Waals surface area contributed by atoms with Crippen molar-refractivity contribution in [2.24, 2.45) is 0 Å². The molecule has 2 aromatic heterocycles. The van der Waals surface area contributed by atoms with Crippen LogP contribution in [-0.4, -0.2) is 63.4 Å². The third-order valence-corrected chi connectivity index (χ3v) is 3.60. The fourth-order valence-corrected chi connectivity index (χ4v) is 2.43. The number of piperidine rings is 1. The van der Waals surface area contributed by atoms with E-state index in [9.17, 15) is 4.79 Å². The largest absolute Gasteiger partial charge is 0.378 e. The maximum atomic E-state index is 12.4. The highest BCUT2D eigenvalue weighted by atomic mass is 16.5. The Morgan fingerprint density at radius 1 is 1.50 bits per heavy atom. The van der Waals surface area contributed by atoms with Crippen LogP contribution in [0.25, 0.3) is 5.82 Å². The molecule has 116 valence electrons. The number of hydrogen-bond acceptors (Lipinski definition) is 7. The summed E-state index contributed by atoms with van der Waals surface area (Å²) in [5, 5.41) is 17.1. The van der Waals surface area contributed by atoms with Gasteiger partial charge in [0.05, 0.1) is 12.1 Å². The molecule has 2 aromatic rings. The van der Waals surface area contributed by atoms with Crippen molar-refractivity contribution >= 4 is 5.91 Å². The van der Waals surface area contributed by atoms with Crippen molar-refractivity contribution in [3.63, 3.8) is 0 Å². The molecule has 1 aliphatic heterocycles. The molecule has 1 saturated heterocycles. The van der Waals surface area contributed by atoms with E-state index in [0.29, 0.717) is 11.5 Å². The van der Waals surface area contributed by atoms with Gasteiger partial charge >= 0.3 is 0 Å². The number of rotatable bonds is 4. The van der Waals surface area contributed by atoms with Crippen LogP contribution in [0.1, 0.15) is 16.9 Å². The molecule has 22 heavy (non-hydrogen) atoms. The summed E-state index contributed by atoms with van der Waals surface area (Å²) in [7, 11) is 1.65. The molecule has 1 amide bonds. The minimum absolute atomic E-state index is 0.0303. The Morgan fingerprint density at radius 3 is 3.18 bits per heavy atom. The molecule has 2 atom stereocenters. The molecule has 0 radical (unpaired) electrons. The minimum Gasteiger partial charge on any atom is -0.378 e. The monoisotopic (exact) mass is 303 g/mol. The Balaban J connectivity index is 1.73. The van der Waals surface area contributed by atoms with Gasteiger partial charge in [0.15, 0.2) is 5.82 Å². The average molecular weight is 303 g/mol. The fourth-order valence-electron chi connectivity index (χ4n) is 2.43. The van der Waals surface area contributed by atoms with Gasteiger partial charge in [-0.15, -0.1) is 5.10 Å². The normalized spacial score (nSPS) is 21.5. The van der Waals surface area contributed by atoms with Gasteiger partial charge in [-0.2, -0.15) is 4.68 Å². The predicted octanol–water partition coefficient (Wildman–Crippen LogP) is -0.836. The number of ether oxygens (including phenoxy) is 1. The van der Waals surface area contributed by atoms with Crippen molar-refractivity contribution in [2.75, 3.05) is 20.2 Å². The Hall–Kier alpha value is -2.39. The number of methoxy groups -OCH3 is 1. The third-order valence-electron chi connectivity index (χ3n) is 3.60. The van der Waals surface area contributed by atoms with E-state index >= 15 is 0 Å². The van der Waals surface area contributed by atoms with Crippen molar-refractivity contribution in [2.45, 2.75) is 18.6 Å². The summed E-state index contributed by atoms with van der Waals surface area (Å²) < 4.78 is 6.80. The van der Waals surface area contributed by atoms with Crippen LogP contribution < -0.4 is 10.6 Å². The molecular weight excluding hydrogens is 286 g/mol. The van der Waals surface area contributed by atoms with Crippen LogP contribution in [0.2, 0.25) is 0 Å². The average Bonchev–Trinajstić information content (AvgIpc) is 3.10. The Labute approximate surface area is 127 Å². The molecule has 2 N–H and O–H groups in total. The van der Waals surface area contributed by atoms with Crippen LogP contribution in [-0.2, 0) is 4.74 Å². The van der Waals surface area contributed by atoms with E-state index in [4.69, 9.17) is 4.74 Å². The molecule has 9 nitrogen and oxygen atoms in total. The first-order valence-corrected chi connectivity index (χ1v) is 7.02. The summed E-state index contributed by atoms with van der Waals surface area (Å²) in [6.07, 6.45) is 2.20. The van der Waals surface area contributed by atoms with Crippen LogP contribution in [0.3, 0.4) is 0 Å². The second kappa shape index (κ2) is 6.58. The lowest BCUT2D eigenvalue weighted by atomic mass is 10.0. The van der Waals surface area contributed by atoms with E-state index in [1.807, 2.05) is 0 Å². The highest BCUT2D eigenvalue weighted by Crippen LogP contribution is 2.09. The number of hydrogen-bond donors (Lipinski definition) is 2. The van der Waals surface area contributed by atoms with E-state index in [1.165, 1.54) is 11.0 Å². The van der Waals surface area contributed by atoms with E-state index < -0.39 is 0 Å². The molecule has 0 bridgehead atoms. The fraction of sp³-hybridized carbons (Fsp3) is 0.462. The number of aromatic nitrogens is 5. The maximum Gasteiger partial charge on any atom is 0.270 e. The zero-order valence-corrected chi connectivity index (χ0v) is 12.1. The van der Waals surface area contributed by atoms with Gasteiger partial charge in [-0.25, -0.2) is 4.98 Å². The van der Waals surface area contributed by atoms with Crippen LogP contribution >= 0.6 is 0 Å². The number of carbonyl (C=O) groups excluding carboxylic acids is 1. The number of tetrazole rings is 1. The summed E-state index contributed by atoms with van der Waals surface area (Å²) >= 11 is 0. The second-order valence-electron chi connectivity index (χ2n) is 4.98. The molecule has 0 aromatic carbocycles. The first kappa shape index (κ1) is 14.5. The molecule has 1 fully saturated rings. The zero-order valence-electron chi connectivity index (χ0n) is 12.1. The van der Waals surface area contributed by atoms with Crippen molar-refractivity contribution in [1.82, 2.24) is 35.8 Å². The standard InChI is InChI=1S/C13H17N7O2/c1-22-11-7-14-6-5-9(11)17-13(21)10-3-2-4-12(16-10)20-8-15-18-19-20/h2-4,8-9,11,14H,5-7H2,1H3,(H,17,21). The lowest BCUT2D eigenvalue weighted by Crippen LogP contribution is -2.53. The number of amides is 1. The van der Waals surface area contributed by atoms with Gasteiger partial charge in [0.1, 0.15) is 12.0 Å². The molecule has 1 aliphatic rings.